The molecular weight excluding hydrogens is 210 g/mol. The summed E-state index contributed by atoms with van der Waals surface area (Å²) in [4.78, 5) is 2.17. The first-order valence-electron chi connectivity index (χ1n) is 6.28. The number of likely N-dealkylation sites (N-methyl/N-ethyl adjacent to an activating group) is 1. The number of nitrogens with two attached hydrogens (primary N) is 1. The lowest BCUT2D eigenvalue weighted by Crippen LogP contribution is -2.42. The first kappa shape index (κ1) is 14.2. The fourth-order valence-electron chi connectivity index (χ4n) is 1.93. The number of hydrogen-bond donors (Lipinski definition) is 2. The van der Waals surface area contributed by atoms with Crippen LogP contribution in [0, 0.1) is 0 Å². The molecular formula is C14H25N3. The van der Waals surface area contributed by atoms with Gasteiger partial charge in [-0.3, -0.25) is 0 Å². The maximum atomic E-state index is 5.85. The fourth-order valence-corrected chi connectivity index (χ4v) is 1.93. The van der Waals surface area contributed by atoms with E-state index in [2.05, 4.69) is 55.5 Å². The number of nitrogens with one attached hydrogen (secondary N) is 1. The van der Waals surface area contributed by atoms with E-state index in [-0.39, 0.29) is 0 Å². The van der Waals surface area contributed by atoms with E-state index >= 15 is 0 Å². The average molecular weight is 235 g/mol. The van der Waals surface area contributed by atoms with Crippen molar-refractivity contribution in [2.45, 2.75) is 18.9 Å². The van der Waals surface area contributed by atoms with Crippen LogP contribution in [0.3, 0.4) is 0 Å². The quantitative estimate of drug-likeness (QED) is 0.748. The van der Waals surface area contributed by atoms with Crippen LogP contribution in [0.1, 0.15) is 18.4 Å². The molecule has 1 aromatic carbocycles. The second-order valence-corrected chi connectivity index (χ2v) is 4.80. The molecule has 0 amide bonds. The van der Waals surface area contributed by atoms with Crippen LogP contribution >= 0.6 is 0 Å². The van der Waals surface area contributed by atoms with Crippen molar-refractivity contribution < 1.29 is 0 Å². The van der Waals surface area contributed by atoms with Crippen molar-refractivity contribution in [3.05, 3.63) is 35.9 Å². The maximum absolute atomic E-state index is 5.85. The van der Waals surface area contributed by atoms with Crippen molar-refractivity contribution in [3.63, 3.8) is 0 Å². The van der Waals surface area contributed by atoms with Gasteiger partial charge in [0, 0.05) is 25.7 Å². The summed E-state index contributed by atoms with van der Waals surface area (Å²) in [7, 11) is 4.17. The molecule has 0 heterocycles. The zero-order valence-corrected chi connectivity index (χ0v) is 11.2. The minimum absolute atomic E-state index is 0.345. The zero-order chi connectivity index (χ0) is 12.7. The lowest BCUT2D eigenvalue weighted by Gasteiger charge is -2.25. The molecule has 3 heteroatoms. The SMILES string of the molecule is CC(c1ccccc1)C(CN)NCCN(C)C. The average Bonchev–Trinajstić information content (AvgIpc) is 2.34. The molecule has 0 fully saturated rings. The third kappa shape index (κ3) is 4.86. The van der Waals surface area contributed by atoms with Crippen LogP contribution in [-0.2, 0) is 0 Å². The predicted molar refractivity (Wildman–Crippen MR) is 74.3 cm³/mol. The van der Waals surface area contributed by atoms with Crippen molar-refractivity contribution in [3.8, 4) is 0 Å². The van der Waals surface area contributed by atoms with E-state index in [1.165, 1.54) is 5.56 Å². The van der Waals surface area contributed by atoms with Gasteiger partial charge in [0.15, 0.2) is 0 Å². The van der Waals surface area contributed by atoms with Gasteiger partial charge in [-0.2, -0.15) is 0 Å². The van der Waals surface area contributed by atoms with E-state index in [1.54, 1.807) is 0 Å². The Bertz CT molecular complexity index is 298. The summed E-state index contributed by atoms with van der Waals surface area (Å²) < 4.78 is 0. The number of nitrogens with zero attached hydrogens (tertiary/aromatic N) is 1. The normalized spacial score (nSPS) is 14.9. The Morgan fingerprint density at radius 2 is 1.88 bits per heavy atom. The number of benzene rings is 1. The lowest BCUT2D eigenvalue weighted by atomic mass is 9.93. The Balaban J connectivity index is 2.49. The molecule has 3 nitrogen and oxygen atoms in total. The summed E-state index contributed by atoms with van der Waals surface area (Å²) in [5.74, 6) is 0.448. The van der Waals surface area contributed by atoms with Crippen molar-refractivity contribution in [1.82, 2.24) is 10.2 Å². The number of hydrogen-bond acceptors (Lipinski definition) is 3. The van der Waals surface area contributed by atoms with E-state index in [0.717, 1.165) is 13.1 Å². The van der Waals surface area contributed by atoms with E-state index in [9.17, 15) is 0 Å². The molecule has 1 rings (SSSR count). The van der Waals surface area contributed by atoms with Gasteiger partial charge in [0.2, 0.25) is 0 Å². The van der Waals surface area contributed by atoms with Crippen molar-refractivity contribution in [1.29, 1.82) is 0 Å². The summed E-state index contributed by atoms with van der Waals surface area (Å²) >= 11 is 0. The van der Waals surface area contributed by atoms with Crippen LogP contribution in [-0.4, -0.2) is 44.7 Å². The molecule has 0 radical (unpaired) electrons. The van der Waals surface area contributed by atoms with Crippen molar-refractivity contribution >= 4 is 0 Å². The minimum Gasteiger partial charge on any atom is -0.329 e. The fraction of sp³-hybridized carbons (Fsp3) is 0.571. The second-order valence-electron chi connectivity index (χ2n) is 4.80. The third-order valence-corrected chi connectivity index (χ3v) is 3.15. The highest BCUT2D eigenvalue weighted by molar-refractivity contribution is 5.20. The molecule has 0 saturated carbocycles. The Morgan fingerprint density at radius 3 is 2.41 bits per heavy atom. The molecule has 0 aromatic heterocycles. The largest absolute Gasteiger partial charge is 0.329 e. The van der Waals surface area contributed by atoms with Gasteiger partial charge < -0.3 is 16.0 Å². The first-order chi connectivity index (χ1) is 8.15. The van der Waals surface area contributed by atoms with E-state index in [1.807, 2.05) is 6.07 Å². The highest BCUT2D eigenvalue weighted by Gasteiger charge is 2.16. The van der Waals surface area contributed by atoms with Crippen LogP contribution in [0.2, 0.25) is 0 Å². The highest BCUT2D eigenvalue weighted by Crippen LogP contribution is 2.18. The van der Waals surface area contributed by atoms with Crippen LogP contribution < -0.4 is 11.1 Å². The van der Waals surface area contributed by atoms with Gasteiger partial charge in [0.1, 0.15) is 0 Å². The Kier molecular flexibility index (Phi) is 6.19. The summed E-state index contributed by atoms with van der Waals surface area (Å²) in [6.45, 7) is 4.92. The van der Waals surface area contributed by atoms with Crippen LogP contribution in [0.5, 0.6) is 0 Å². The van der Waals surface area contributed by atoms with E-state index in [4.69, 9.17) is 5.73 Å². The molecule has 96 valence electrons. The topological polar surface area (TPSA) is 41.3 Å². The molecule has 3 N–H and O–H groups in total. The highest BCUT2D eigenvalue weighted by atomic mass is 15.1. The van der Waals surface area contributed by atoms with E-state index < -0.39 is 0 Å². The summed E-state index contributed by atoms with van der Waals surface area (Å²) in [5.41, 5.74) is 7.20. The van der Waals surface area contributed by atoms with Crippen molar-refractivity contribution in [2.24, 2.45) is 5.73 Å². The summed E-state index contributed by atoms with van der Waals surface area (Å²) in [6, 6.07) is 10.9. The third-order valence-electron chi connectivity index (χ3n) is 3.15. The van der Waals surface area contributed by atoms with Gasteiger partial charge in [-0.1, -0.05) is 37.3 Å². The van der Waals surface area contributed by atoms with E-state index in [0.29, 0.717) is 18.5 Å². The minimum atomic E-state index is 0.345. The first-order valence-corrected chi connectivity index (χ1v) is 6.28. The Hall–Kier alpha value is -0.900. The standard InChI is InChI=1S/C14H25N3/c1-12(13-7-5-4-6-8-13)14(11-15)16-9-10-17(2)3/h4-8,12,14,16H,9-11,15H2,1-3H3. The Labute approximate surface area is 105 Å². The molecule has 0 bridgehead atoms. The number of rotatable bonds is 7. The van der Waals surface area contributed by atoms with Gasteiger partial charge in [-0.25, -0.2) is 0 Å². The van der Waals surface area contributed by atoms with Gasteiger partial charge in [-0.05, 0) is 25.6 Å². The Morgan fingerprint density at radius 1 is 1.24 bits per heavy atom. The summed E-state index contributed by atoms with van der Waals surface area (Å²) in [5, 5.41) is 3.53. The molecule has 17 heavy (non-hydrogen) atoms. The van der Waals surface area contributed by atoms with Crippen LogP contribution in [0.25, 0.3) is 0 Å². The smallest absolute Gasteiger partial charge is 0.0256 e. The van der Waals surface area contributed by atoms with Crippen LogP contribution in [0.4, 0.5) is 0 Å². The zero-order valence-electron chi connectivity index (χ0n) is 11.2. The van der Waals surface area contributed by atoms with Gasteiger partial charge >= 0.3 is 0 Å². The molecule has 2 unspecified atom stereocenters. The molecule has 0 aliphatic carbocycles. The predicted octanol–water partition coefficient (Wildman–Crippen LogP) is 1.27. The van der Waals surface area contributed by atoms with Crippen molar-refractivity contribution in [2.75, 3.05) is 33.7 Å². The van der Waals surface area contributed by atoms with Gasteiger partial charge in [-0.15, -0.1) is 0 Å². The molecule has 1 aromatic rings. The molecule has 0 saturated heterocycles. The molecule has 0 aliphatic rings. The van der Waals surface area contributed by atoms with Crippen LogP contribution in [0.15, 0.2) is 30.3 Å². The lowest BCUT2D eigenvalue weighted by molar-refractivity contribution is 0.371. The van der Waals surface area contributed by atoms with Gasteiger partial charge in [0.25, 0.3) is 0 Å². The van der Waals surface area contributed by atoms with Gasteiger partial charge in [0.05, 0.1) is 0 Å². The maximum Gasteiger partial charge on any atom is 0.0256 e. The monoisotopic (exact) mass is 235 g/mol. The molecule has 0 spiro atoms. The second kappa shape index (κ2) is 7.43. The summed E-state index contributed by atoms with van der Waals surface area (Å²) in [6.07, 6.45) is 0. The molecule has 2 atom stereocenters. The molecule has 0 aliphatic heterocycles.